The van der Waals surface area contributed by atoms with E-state index in [2.05, 4.69) is 0 Å². The van der Waals surface area contributed by atoms with Gasteiger partial charge in [0.25, 0.3) is 7.94 Å². The second-order valence-corrected chi connectivity index (χ2v) is 15.4. The van der Waals surface area contributed by atoms with Crippen LogP contribution in [0.4, 0.5) is 0 Å². The average Bonchev–Trinajstić information content (AvgIpc) is 2.85. The van der Waals surface area contributed by atoms with Crippen LogP contribution in [0.2, 0.25) is 0 Å². The predicted molar refractivity (Wildman–Crippen MR) is 149 cm³/mol. The zero-order valence-corrected chi connectivity index (χ0v) is 30.0. The van der Waals surface area contributed by atoms with E-state index in [1.807, 2.05) is 18.2 Å². The van der Waals surface area contributed by atoms with Crippen molar-refractivity contribution >= 4 is 30.0 Å². The second kappa shape index (κ2) is 16.9. The van der Waals surface area contributed by atoms with Crippen LogP contribution in [0.3, 0.4) is 0 Å². The zero-order valence-electron chi connectivity index (χ0n) is 25.2. The first-order valence-electron chi connectivity index (χ1n) is 12.9. The molecular weight excluding hydrogens is 614 g/mol. The molecule has 0 aliphatic carbocycles. The van der Waals surface area contributed by atoms with Crippen molar-refractivity contribution in [2.24, 2.45) is 10.8 Å². The van der Waals surface area contributed by atoms with Gasteiger partial charge in [0, 0.05) is 6.42 Å². The van der Waals surface area contributed by atoms with Crippen LogP contribution < -0.4 is 61.0 Å². The zero-order chi connectivity index (χ0) is 30.9. The number of hydrogen-bond donors (Lipinski definition) is 0. The van der Waals surface area contributed by atoms with Crippen molar-refractivity contribution in [3.05, 3.63) is 60.2 Å². The molecule has 0 saturated carbocycles. The summed E-state index contributed by atoms with van der Waals surface area (Å²) >= 11 is 0. The summed E-state index contributed by atoms with van der Waals surface area (Å²) in [7, 11) is -10.1. The Kier molecular flexibility index (Phi) is 15.7. The van der Waals surface area contributed by atoms with Gasteiger partial charge in [-0.05, 0) is 84.2 Å². The summed E-state index contributed by atoms with van der Waals surface area (Å²) in [4.78, 5) is 35.8. The molecule has 0 aliphatic heterocycles. The molecule has 11 nitrogen and oxygen atoms in total. The van der Waals surface area contributed by atoms with Gasteiger partial charge in [0.05, 0.1) is 10.8 Å². The van der Waals surface area contributed by atoms with Crippen LogP contribution in [0.15, 0.2) is 54.6 Å². The molecule has 0 heterocycles. The van der Waals surface area contributed by atoms with Crippen molar-refractivity contribution in [1.29, 1.82) is 0 Å². The molecule has 0 amide bonds. The molecular formula is C28H38KO11PS. The van der Waals surface area contributed by atoms with Gasteiger partial charge < -0.3 is 23.7 Å². The summed E-state index contributed by atoms with van der Waals surface area (Å²) in [6.45, 7) is 7.55. The molecule has 0 spiro atoms. The molecule has 0 bridgehead atoms. The van der Waals surface area contributed by atoms with Crippen LogP contribution in [-0.2, 0) is 44.6 Å². The van der Waals surface area contributed by atoms with E-state index in [1.165, 1.54) is 0 Å². The molecule has 0 fully saturated rings. The molecule has 0 saturated heterocycles. The van der Waals surface area contributed by atoms with Gasteiger partial charge in [-0.25, -0.2) is 8.42 Å². The Bertz CT molecular complexity index is 1230. The van der Waals surface area contributed by atoms with E-state index in [0.717, 1.165) is 5.56 Å². The number of rotatable bonds is 14. The van der Waals surface area contributed by atoms with Crippen molar-refractivity contribution in [3.8, 4) is 11.5 Å². The molecule has 228 valence electrons. The smallest absolute Gasteiger partial charge is 0.745 e. The van der Waals surface area contributed by atoms with Crippen molar-refractivity contribution in [3.63, 3.8) is 0 Å². The summed E-state index contributed by atoms with van der Waals surface area (Å²) in [5.74, 6) is -0.248. The second-order valence-electron chi connectivity index (χ2n) is 11.3. The fourth-order valence-corrected chi connectivity index (χ4v) is 6.66. The monoisotopic (exact) mass is 652 g/mol. The van der Waals surface area contributed by atoms with Gasteiger partial charge in [-0.1, -0.05) is 30.3 Å². The Morgan fingerprint density at radius 1 is 0.833 bits per heavy atom. The van der Waals surface area contributed by atoms with Crippen LogP contribution in [0.25, 0.3) is 0 Å². The van der Waals surface area contributed by atoms with Gasteiger partial charge in [-0.3, -0.25) is 9.59 Å². The molecule has 0 N–H and O–H groups in total. The predicted octanol–water partition coefficient (Wildman–Crippen LogP) is 1.93. The van der Waals surface area contributed by atoms with E-state index in [0.29, 0.717) is 17.9 Å². The first kappa shape index (κ1) is 39.1. The van der Waals surface area contributed by atoms with E-state index >= 15 is 0 Å². The Morgan fingerprint density at radius 3 is 1.81 bits per heavy atom. The molecule has 0 aromatic heterocycles. The Morgan fingerprint density at radius 2 is 1.33 bits per heavy atom. The number of carbonyl (C=O) groups excluding carboxylic acids is 2. The number of benzene rings is 2. The average molecular weight is 653 g/mol. The van der Waals surface area contributed by atoms with E-state index < -0.39 is 65.8 Å². The topological polar surface area (TPSA) is 161 Å². The van der Waals surface area contributed by atoms with Crippen LogP contribution in [0.1, 0.15) is 59.9 Å². The fourth-order valence-electron chi connectivity index (χ4n) is 3.27. The Hall–Kier alpha value is -0.964. The minimum Gasteiger partial charge on any atom is -0.745 e. The van der Waals surface area contributed by atoms with Gasteiger partial charge in [0.2, 0.25) is 18.6 Å². The molecule has 0 unspecified atom stereocenters. The van der Waals surface area contributed by atoms with Crippen molar-refractivity contribution in [2.45, 2.75) is 65.8 Å². The normalized spacial score (nSPS) is 13.0. The summed E-state index contributed by atoms with van der Waals surface area (Å²) in [5.41, 5.74) is -1.09. The molecule has 42 heavy (non-hydrogen) atoms. The van der Waals surface area contributed by atoms with E-state index in [9.17, 15) is 27.5 Å². The van der Waals surface area contributed by atoms with Crippen molar-refractivity contribution in [1.82, 2.24) is 0 Å². The first-order chi connectivity index (χ1) is 18.9. The Balaban J connectivity index is 0.00000882. The molecule has 0 aliphatic rings. The first-order valence-corrected chi connectivity index (χ1v) is 16.0. The minimum atomic E-state index is -5.25. The van der Waals surface area contributed by atoms with E-state index in [1.54, 1.807) is 77.9 Å². The quantitative estimate of drug-likeness (QED) is 0.0964. The summed E-state index contributed by atoms with van der Waals surface area (Å²) in [6, 6.07) is 16.2. The standard InChI is InChI=1S/C28H39O11PS.K/c1-27(2,3)25(29)35-19-37-40(31,38-20-36-26(30)28(4,5)6)24(41(32,33)34)17-11-13-21-12-10-16-23(18-21)39-22-14-8-7-9-15-22;/h7-10,12,14-16,18,24H,11,13,17,19-20H2,1-6H3,(H,32,33,34);/q;+1/p-1/t24-;/m1./s1. The van der Waals surface area contributed by atoms with Crippen molar-refractivity contribution < 1.29 is 102 Å². The number of aryl methyl sites for hydroxylation is 1. The van der Waals surface area contributed by atoms with E-state index in [-0.39, 0.29) is 57.8 Å². The van der Waals surface area contributed by atoms with Crippen LogP contribution in [0.5, 0.6) is 11.5 Å². The molecule has 0 radical (unpaired) electrons. The molecule has 1 atom stereocenters. The van der Waals surface area contributed by atoms with Crippen molar-refractivity contribution in [2.75, 3.05) is 13.6 Å². The molecule has 14 heteroatoms. The van der Waals surface area contributed by atoms with E-state index in [4.69, 9.17) is 23.3 Å². The van der Waals surface area contributed by atoms with Gasteiger partial charge in [0.15, 0.2) is 0 Å². The van der Waals surface area contributed by atoms with Crippen LogP contribution in [-0.4, -0.2) is 43.5 Å². The largest absolute Gasteiger partial charge is 1.00 e. The fraction of sp³-hybridized carbons (Fsp3) is 0.500. The third-order valence-corrected chi connectivity index (χ3v) is 9.90. The maximum atomic E-state index is 13.7. The third kappa shape index (κ3) is 13.4. The summed E-state index contributed by atoms with van der Waals surface area (Å²) in [6.07, 6.45) is -0.00938. The molecule has 2 aromatic carbocycles. The number of carbonyl (C=O) groups is 2. The summed E-state index contributed by atoms with van der Waals surface area (Å²) < 4.78 is 62.8. The number of esters is 2. The SMILES string of the molecule is CC(C)(C)C(=O)OCO[P+]([O-])(OCOC(=O)C(C)(C)C)[C@@H](CCCc1cccc(Oc2ccccc2)c1)S(=O)(=O)[O-].[K+]. The van der Waals surface area contributed by atoms with Gasteiger partial charge in [-0.15, -0.1) is 0 Å². The minimum absolute atomic E-state index is 0. The van der Waals surface area contributed by atoms with Gasteiger partial charge in [0.1, 0.15) is 21.6 Å². The number of para-hydroxylation sites is 1. The maximum Gasteiger partial charge on any atom is 1.00 e. The number of hydrogen-bond acceptors (Lipinski definition) is 11. The maximum absolute atomic E-state index is 13.7. The molecule has 2 aromatic rings. The van der Waals surface area contributed by atoms with Crippen LogP contribution in [0, 0.1) is 10.8 Å². The Labute approximate surface area is 291 Å². The van der Waals surface area contributed by atoms with Gasteiger partial charge in [-0.2, -0.15) is 9.05 Å². The third-order valence-electron chi connectivity index (χ3n) is 5.55. The van der Waals surface area contributed by atoms with Crippen LogP contribution >= 0.6 is 7.94 Å². The van der Waals surface area contributed by atoms with Gasteiger partial charge >= 0.3 is 63.3 Å². The number of ether oxygens (including phenoxy) is 3. The molecule has 2 rings (SSSR count). The summed E-state index contributed by atoms with van der Waals surface area (Å²) in [5, 5.41) is 0.